The van der Waals surface area contributed by atoms with Gasteiger partial charge in [-0.05, 0) is 36.9 Å². The Hall–Kier alpha value is -1.66. The molecule has 0 spiro atoms. The SMILES string of the molecule is CC(C)N(CCO)C(=O)c1sccc1C=CC(=O)O. The third-order valence-electron chi connectivity index (χ3n) is 2.52. The molecule has 19 heavy (non-hydrogen) atoms. The van der Waals surface area contributed by atoms with E-state index >= 15 is 0 Å². The number of aliphatic hydroxyl groups excluding tert-OH is 1. The molecule has 1 amide bonds. The van der Waals surface area contributed by atoms with Gasteiger partial charge in [0.15, 0.2) is 0 Å². The molecule has 0 aromatic carbocycles. The van der Waals surface area contributed by atoms with Crippen LogP contribution in [0.5, 0.6) is 0 Å². The van der Waals surface area contributed by atoms with E-state index in [0.29, 0.717) is 10.4 Å². The number of rotatable bonds is 6. The molecule has 1 aromatic heterocycles. The molecule has 0 radical (unpaired) electrons. The van der Waals surface area contributed by atoms with Crippen molar-refractivity contribution in [1.82, 2.24) is 4.90 Å². The van der Waals surface area contributed by atoms with Gasteiger partial charge in [0.25, 0.3) is 5.91 Å². The van der Waals surface area contributed by atoms with E-state index < -0.39 is 5.97 Å². The second-order valence-electron chi connectivity index (χ2n) is 4.19. The molecule has 0 aliphatic rings. The second kappa shape index (κ2) is 7.06. The zero-order chi connectivity index (χ0) is 14.4. The van der Waals surface area contributed by atoms with Crippen LogP contribution >= 0.6 is 11.3 Å². The number of thiophene rings is 1. The first-order valence-corrected chi connectivity index (χ1v) is 6.75. The van der Waals surface area contributed by atoms with E-state index in [1.807, 2.05) is 13.8 Å². The van der Waals surface area contributed by atoms with Crippen molar-refractivity contribution >= 4 is 29.3 Å². The molecule has 0 fully saturated rings. The monoisotopic (exact) mass is 283 g/mol. The summed E-state index contributed by atoms with van der Waals surface area (Å²) in [7, 11) is 0. The Morgan fingerprint density at radius 1 is 1.47 bits per heavy atom. The van der Waals surface area contributed by atoms with Gasteiger partial charge >= 0.3 is 5.97 Å². The number of carbonyl (C=O) groups is 2. The van der Waals surface area contributed by atoms with E-state index in [4.69, 9.17) is 10.2 Å². The number of amides is 1. The Bertz CT molecular complexity index is 479. The van der Waals surface area contributed by atoms with Crippen molar-refractivity contribution < 1.29 is 19.8 Å². The minimum Gasteiger partial charge on any atom is -0.478 e. The van der Waals surface area contributed by atoms with Crippen molar-refractivity contribution in [3.63, 3.8) is 0 Å². The van der Waals surface area contributed by atoms with Crippen molar-refractivity contribution in [2.75, 3.05) is 13.2 Å². The van der Waals surface area contributed by atoms with Gasteiger partial charge in [0.05, 0.1) is 11.5 Å². The smallest absolute Gasteiger partial charge is 0.328 e. The quantitative estimate of drug-likeness (QED) is 0.779. The fourth-order valence-corrected chi connectivity index (χ4v) is 2.46. The highest BCUT2D eigenvalue weighted by Gasteiger charge is 2.21. The molecule has 1 rings (SSSR count). The van der Waals surface area contributed by atoms with Crippen LogP contribution in [-0.2, 0) is 4.79 Å². The first-order valence-electron chi connectivity index (χ1n) is 5.87. The average Bonchev–Trinajstić information content (AvgIpc) is 2.80. The number of carboxylic acids is 1. The summed E-state index contributed by atoms with van der Waals surface area (Å²) in [6, 6.07) is 1.67. The van der Waals surface area contributed by atoms with Crippen LogP contribution in [0.25, 0.3) is 6.08 Å². The highest BCUT2D eigenvalue weighted by molar-refractivity contribution is 7.12. The van der Waals surface area contributed by atoms with Crippen LogP contribution in [-0.4, -0.2) is 46.2 Å². The van der Waals surface area contributed by atoms with Crippen molar-refractivity contribution in [2.24, 2.45) is 0 Å². The molecule has 0 unspecified atom stereocenters. The summed E-state index contributed by atoms with van der Waals surface area (Å²) in [4.78, 5) is 24.9. The van der Waals surface area contributed by atoms with Crippen molar-refractivity contribution in [2.45, 2.75) is 19.9 Å². The molecule has 0 bridgehead atoms. The van der Waals surface area contributed by atoms with Gasteiger partial charge in [-0.1, -0.05) is 0 Å². The standard InChI is InChI=1S/C13H17NO4S/c1-9(2)14(6-7-15)13(18)12-10(5-8-19-12)3-4-11(16)17/h3-5,8-9,15H,6-7H2,1-2H3,(H,16,17). The third-order valence-corrected chi connectivity index (χ3v) is 3.44. The molecule has 0 aliphatic heterocycles. The maximum atomic E-state index is 12.3. The largest absolute Gasteiger partial charge is 0.478 e. The number of nitrogens with zero attached hydrogens (tertiary/aromatic N) is 1. The fraction of sp³-hybridized carbons (Fsp3) is 0.385. The molecule has 0 atom stereocenters. The highest BCUT2D eigenvalue weighted by Crippen LogP contribution is 2.21. The van der Waals surface area contributed by atoms with Gasteiger partial charge in [-0.2, -0.15) is 0 Å². The predicted molar refractivity (Wildman–Crippen MR) is 74.2 cm³/mol. The van der Waals surface area contributed by atoms with Gasteiger partial charge in [0.1, 0.15) is 0 Å². The van der Waals surface area contributed by atoms with E-state index in [2.05, 4.69) is 0 Å². The van der Waals surface area contributed by atoms with E-state index in [0.717, 1.165) is 6.08 Å². The Morgan fingerprint density at radius 3 is 2.68 bits per heavy atom. The molecule has 1 heterocycles. The van der Waals surface area contributed by atoms with Gasteiger partial charge in [-0.15, -0.1) is 11.3 Å². The van der Waals surface area contributed by atoms with E-state index in [9.17, 15) is 9.59 Å². The highest BCUT2D eigenvalue weighted by atomic mass is 32.1. The number of aliphatic carboxylic acids is 1. The molecule has 2 N–H and O–H groups in total. The maximum absolute atomic E-state index is 12.3. The van der Waals surface area contributed by atoms with Crippen molar-refractivity contribution in [3.05, 3.63) is 28.0 Å². The first-order chi connectivity index (χ1) is 8.97. The van der Waals surface area contributed by atoms with Crippen LogP contribution in [0.15, 0.2) is 17.5 Å². The lowest BCUT2D eigenvalue weighted by molar-refractivity contribution is -0.131. The topological polar surface area (TPSA) is 77.8 Å². The number of carbonyl (C=O) groups excluding carboxylic acids is 1. The first kappa shape index (κ1) is 15.4. The van der Waals surface area contributed by atoms with Gasteiger partial charge in [0.2, 0.25) is 0 Å². The summed E-state index contributed by atoms with van der Waals surface area (Å²) in [5.41, 5.74) is 0.584. The lowest BCUT2D eigenvalue weighted by Gasteiger charge is -2.25. The van der Waals surface area contributed by atoms with Crippen LogP contribution in [0.3, 0.4) is 0 Å². The number of aliphatic hydroxyl groups is 1. The average molecular weight is 283 g/mol. The van der Waals surface area contributed by atoms with E-state index in [1.165, 1.54) is 17.4 Å². The van der Waals surface area contributed by atoms with E-state index in [1.54, 1.807) is 16.3 Å². The zero-order valence-corrected chi connectivity index (χ0v) is 11.7. The molecule has 1 aromatic rings. The normalized spacial score (nSPS) is 11.2. The summed E-state index contributed by atoms with van der Waals surface area (Å²) in [6.45, 7) is 3.90. The predicted octanol–water partition coefficient (Wildman–Crippen LogP) is 1.69. The Labute approximate surface area is 115 Å². The fourth-order valence-electron chi connectivity index (χ4n) is 1.62. The summed E-state index contributed by atoms with van der Waals surface area (Å²) in [6.07, 6.45) is 2.41. The summed E-state index contributed by atoms with van der Waals surface area (Å²) in [5, 5.41) is 19.3. The molecule has 6 heteroatoms. The molecule has 0 aliphatic carbocycles. The molecule has 5 nitrogen and oxygen atoms in total. The van der Waals surface area contributed by atoms with Crippen LogP contribution < -0.4 is 0 Å². The minimum atomic E-state index is -1.05. The summed E-state index contributed by atoms with van der Waals surface area (Å²) < 4.78 is 0. The molecule has 104 valence electrons. The van der Waals surface area contributed by atoms with Gasteiger partial charge in [0, 0.05) is 18.7 Å². The molecule has 0 saturated heterocycles. The molecular weight excluding hydrogens is 266 g/mol. The van der Waals surface area contributed by atoms with Crippen LogP contribution in [0.4, 0.5) is 0 Å². The van der Waals surface area contributed by atoms with Crippen LogP contribution in [0, 0.1) is 0 Å². The van der Waals surface area contributed by atoms with Gasteiger partial charge in [-0.3, -0.25) is 4.79 Å². The van der Waals surface area contributed by atoms with Crippen molar-refractivity contribution in [1.29, 1.82) is 0 Å². The summed E-state index contributed by atoms with van der Waals surface area (Å²) in [5.74, 6) is -1.25. The third kappa shape index (κ3) is 4.18. The van der Waals surface area contributed by atoms with Gasteiger partial charge < -0.3 is 15.1 Å². The number of carboxylic acid groups (broad SMARTS) is 1. The van der Waals surface area contributed by atoms with Crippen LogP contribution in [0.2, 0.25) is 0 Å². The Kier molecular flexibility index (Phi) is 5.72. The van der Waals surface area contributed by atoms with Crippen LogP contribution in [0.1, 0.15) is 29.1 Å². The second-order valence-corrected chi connectivity index (χ2v) is 5.11. The Balaban J connectivity index is 2.99. The van der Waals surface area contributed by atoms with Gasteiger partial charge in [-0.25, -0.2) is 4.79 Å². The van der Waals surface area contributed by atoms with Crippen molar-refractivity contribution in [3.8, 4) is 0 Å². The Morgan fingerprint density at radius 2 is 2.16 bits per heavy atom. The minimum absolute atomic E-state index is 0.0296. The maximum Gasteiger partial charge on any atom is 0.328 e. The number of hydrogen-bond acceptors (Lipinski definition) is 4. The summed E-state index contributed by atoms with van der Waals surface area (Å²) >= 11 is 1.26. The lowest BCUT2D eigenvalue weighted by Crippen LogP contribution is -2.38. The number of hydrogen-bond donors (Lipinski definition) is 2. The molecule has 0 saturated carbocycles. The molecular formula is C13H17NO4S. The zero-order valence-electron chi connectivity index (χ0n) is 10.9. The van der Waals surface area contributed by atoms with E-state index in [-0.39, 0.29) is 25.1 Å². The lowest BCUT2D eigenvalue weighted by atomic mass is 10.2.